The van der Waals surface area contributed by atoms with E-state index in [0.29, 0.717) is 23.8 Å². The van der Waals surface area contributed by atoms with Crippen molar-refractivity contribution < 1.29 is 14.0 Å². The van der Waals surface area contributed by atoms with Crippen molar-refractivity contribution in [1.29, 1.82) is 0 Å². The number of oxazole rings is 1. The van der Waals surface area contributed by atoms with Crippen molar-refractivity contribution in [2.45, 2.75) is 25.8 Å². The van der Waals surface area contributed by atoms with Crippen molar-refractivity contribution in [3.05, 3.63) is 77.7 Å². The number of hydrogen-bond donors (Lipinski definition) is 2. The lowest BCUT2D eigenvalue weighted by molar-refractivity contribution is -0.127. The van der Waals surface area contributed by atoms with E-state index in [1.807, 2.05) is 60.7 Å². The average Bonchev–Trinajstić information content (AvgIpc) is 3.03. The highest BCUT2D eigenvalue weighted by atomic mass is 16.4. The molecule has 0 saturated carbocycles. The third-order valence-corrected chi connectivity index (χ3v) is 4.20. The van der Waals surface area contributed by atoms with Gasteiger partial charge in [0.25, 0.3) is 0 Å². The maximum absolute atomic E-state index is 12.4. The zero-order chi connectivity index (χ0) is 19.2. The van der Waals surface area contributed by atoms with Crippen LogP contribution in [0.15, 0.2) is 65.1 Å². The van der Waals surface area contributed by atoms with Gasteiger partial charge in [-0.05, 0) is 24.6 Å². The van der Waals surface area contributed by atoms with Gasteiger partial charge in [0.1, 0.15) is 11.8 Å². The summed E-state index contributed by atoms with van der Waals surface area (Å²) in [7, 11) is 0. The summed E-state index contributed by atoms with van der Waals surface area (Å²) >= 11 is 0. The largest absolute Gasteiger partial charge is 0.441 e. The Hall–Kier alpha value is -3.41. The number of nitrogens with one attached hydrogen (secondary N) is 1. The normalized spacial score (nSPS) is 11.7. The fraction of sp³-hybridized carbons (Fsp3) is 0.190. The van der Waals surface area contributed by atoms with Gasteiger partial charge in [0.05, 0.1) is 12.1 Å². The minimum atomic E-state index is -0.777. The van der Waals surface area contributed by atoms with Crippen molar-refractivity contribution in [2.75, 3.05) is 0 Å². The van der Waals surface area contributed by atoms with Crippen LogP contribution in [0.1, 0.15) is 17.0 Å². The van der Waals surface area contributed by atoms with Crippen molar-refractivity contribution in [3.63, 3.8) is 0 Å². The molecule has 3 N–H and O–H groups in total. The molecule has 27 heavy (non-hydrogen) atoms. The molecule has 0 radical (unpaired) electrons. The van der Waals surface area contributed by atoms with Gasteiger partial charge < -0.3 is 15.5 Å². The summed E-state index contributed by atoms with van der Waals surface area (Å²) in [5, 5.41) is 2.69. The Bertz CT molecular complexity index is 920. The monoisotopic (exact) mass is 363 g/mol. The molecule has 2 amide bonds. The predicted octanol–water partition coefficient (Wildman–Crippen LogP) is 2.41. The number of nitrogens with zero attached hydrogens (tertiary/aromatic N) is 1. The van der Waals surface area contributed by atoms with Crippen LogP contribution in [0.3, 0.4) is 0 Å². The Balaban J connectivity index is 1.67. The highest BCUT2D eigenvalue weighted by molar-refractivity contribution is 5.87. The number of hydrogen-bond acceptors (Lipinski definition) is 4. The summed E-state index contributed by atoms with van der Waals surface area (Å²) in [5.41, 5.74) is 7.75. The van der Waals surface area contributed by atoms with Crippen molar-refractivity contribution >= 4 is 11.8 Å². The first-order chi connectivity index (χ1) is 13.0. The Morgan fingerprint density at radius 2 is 1.70 bits per heavy atom. The first-order valence-electron chi connectivity index (χ1n) is 8.67. The van der Waals surface area contributed by atoms with E-state index in [9.17, 15) is 9.59 Å². The molecular weight excluding hydrogens is 342 g/mol. The molecule has 1 heterocycles. The Kier molecular flexibility index (Phi) is 5.66. The molecule has 6 nitrogen and oxygen atoms in total. The van der Waals surface area contributed by atoms with Gasteiger partial charge in [-0.1, -0.05) is 48.5 Å². The second kappa shape index (κ2) is 8.31. The molecule has 6 heteroatoms. The summed E-state index contributed by atoms with van der Waals surface area (Å²) in [4.78, 5) is 28.5. The van der Waals surface area contributed by atoms with E-state index in [4.69, 9.17) is 10.2 Å². The number of carbonyl (C=O) groups is 2. The van der Waals surface area contributed by atoms with E-state index < -0.39 is 11.9 Å². The topological polar surface area (TPSA) is 98.2 Å². The van der Waals surface area contributed by atoms with Crippen LogP contribution in [-0.4, -0.2) is 22.8 Å². The van der Waals surface area contributed by atoms with Crippen molar-refractivity contribution in [2.24, 2.45) is 5.73 Å². The van der Waals surface area contributed by atoms with Crippen LogP contribution in [0.4, 0.5) is 0 Å². The highest BCUT2D eigenvalue weighted by Crippen LogP contribution is 2.21. The maximum Gasteiger partial charge on any atom is 0.240 e. The fourth-order valence-corrected chi connectivity index (χ4v) is 2.77. The summed E-state index contributed by atoms with van der Waals surface area (Å²) in [6.45, 7) is 1.76. The van der Waals surface area contributed by atoms with Gasteiger partial charge in [0.15, 0.2) is 0 Å². The Labute approximate surface area is 157 Å². The zero-order valence-electron chi connectivity index (χ0n) is 15.0. The molecule has 0 aliphatic rings. The van der Waals surface area contributed by atoms with Gasteiger partial charge in [0.2, 0.25) is 17.7 Å². The van der Waals surface area contributed by atoms with Crippen LogP contribution in [0.2, 0.25) is 0 Å². The summed E-state index contributed by atoms with van der Waals surface area (Å²) in [6, 6.07) is 18.1. The molecule has 0 bridgehead atoms. The van der Waals surface area contributed by atoms with Gasteiger partial charge >= 0.3 is 0 Å². The molecule has 1 aromatic heterocycles. The molecule has 0 aliphatic heterocycles. The Morgan fingerprint density at radius 3 is 2.33 bits per heavy atom. The number of rotatable bonds is 7. The van der Waals surface area contributed by atoms with Crippen LogP contribution in [0.25, 0.3) is 11.5 Å². The summed E-state index contributed by atoms with van der Waals surface area (Å²) in [5.74, 6) is 0.133. The molecule has 0 unspecified atom stereocenters. The number of amides is 2. The molecule has 1 atom stereocenters. The van der Waals surface area contributed by atoms with E-state index in [1.54, 1.807) is 6.92 Å². The number of aryl methyl sites for hydroxylation is 1. The molecule has 0 spiro atoms. The van der Waals surface area contributed by atoms with Gasteiger partial charge in [-0.15, -0.1) is 0 Å². The Morgan fingerprint density at radius 1 is 1.07 bits per heavy atom. The van der Waals surface area contributed by atoms with Gasteiger partial charge in [-0.3, -0.25) is 9.59 Å². The standard InChI is InChI=1S/C21H21N3O3/c1-14-17(24-21(27-14)16-10-6-3-7-11-16)13-19(25)23-18(20(22)26)12-15-8-4-2-5-9-15/h2-11,18H,12-13H2,1H3,(H2,22,26)(H,23,25)/t18-/m1/s1. The minimum absolute atomic E-state index is 0.0146. The number of aromatic nitrogens is 1. The lowest BCUT2D eigenvalue weighted by Crippen LogP contribution is -2.46. The third kappa shape index (κ3) is 4.82. The van der Waals surface area contributed by atoms with E-state index in [1.165, 1.54) is 0 Å². The van der Waals surface area contributed by atoms with E-state index in [2.05, 4.69) is 10.3 Å². The van der Waals surface area contributed by atoms with E-state index in [0.717, 1.165) is 11.1 Å². The van der Waals surface area contributed by atoms with Crippen LogP contribution in [0.5, 0.6) is 0 Å². The number of primary amides is 1. The van der Waals surface area contributed by atoms with Gasteiger partial charge in [0, 0.05) is 12.0 Å². The lowest BCUT2D eigenvalue weighted by Gasteiger charge is -2.15. The van der Waals surface area contributed by atoms with Gasteiger partial charge in [-0.25, -0.2) is 4.98 Å². The second-order valence-electron chi connectivity index (χ2n) is 6.28. The number of nitrogens with two attached hydrogens (primary N) is 1. The highest BCUT2D eigenvalue weighted by Gasteiger charge is 2.21. The average molecular weight is 363 g/mol. The second-order valence-corrected chi connectivity index (χ2v) is 6.28. The number of benzene rings is 2. The SMILES string of the molecule is Cc1oc(-c2ccccc2)nc1CC(=O)N[C@H](Cc1ccccc1)C(N)=O. The summed E-state index contributed by atoms with van der Waals surface area (Å²) in [6.07, 6.45) is 0.357. The van der Waals surface area contributed by atoms with Crippen molar-refractivity contribution in [1.82, 2.24) is 10.3 Å². The fourth-order valence-electron chi connectivity index (χ4n) is 2.77. The minimum Gasteiger partial charge on any atom is -0.441 e. The first kappa shape index (κ1) is 18.4. The molecular formula is C21H21N3O3. The van der Waals surface area contributed by atoms with Crippen LogP contribution >= 0.6 is 0 Å². The van der Waals surface area contributed by atoms with E-state index >= 15 is 0 Å². The molecule has 2 aromatic carbocycles. The molecule has 0 aliphatic carbocycles. The molecule has 0 fully saturated rings. The smallest absolute Gasteiger partial charge is 0.240 e. The lowest BCUT2D eigenvalue weighted by atomic mass is 10.1. The zero-order valence-corrected chi connectivity index (χ0v) is 15.0. The first-order valence-corrected chi connectivity index (χ1v) is 8.67. The quantitative estimate of drug-likeness (QED) is 0.673. The van der Waals surface area contributed by atoms with Gasteiger partial charge in [-0.2, -0.15) is 0 Å². The van der Waals surface area contributed by atoms with Crippen LogP contribution in [0, 0.1) is 6.92 Å². The molecule has 3 rings (SSSR count). The predicted molar refractivity (Wildman–Crippen MR) is 102 cm³/mol. The van der Waals surface area contributed by atoms with Crippen LogP contribution in [-0.2, 0) is 22.4 Å². The third-order valence-electron chi connectivity index (χ3n) is 4.20. The molecule has 0 saturated heterocycles. The molecule has 3 aromatic rings. The van der Waals surface area contributed by atoms with Crippen LogP contribution < -0.4 is 11.1 Å². The maximum atomic E-state index is 12.4. The molecule has 138 valence electrons. The van der Waals surface area contributed by atoms with Crippen molar-refractivity contribution in [3.8, 4) is 11.5 Å². The summed E-state index contributed by atoms with van der Waals surface area (Å²) < 4.78 is 5.67. The van der Waals surface area contributed by atoms with E-state index in [-0.39, 0.29) is 12.3 Å². The number of carbonyl (C=O) groups excluding carboxylic acids is 2.